The van der Waals surface area contributed by atoms with Crippen LogP contribution in [-0.4, -0.2) is 98.8 Å². The Morgan fingerprint density at radius 2 is 1.97 bits per heavy atom. The fourth-order valence-electron chi connectivity index (χ4n) is 4.42. The van der Waals surface area contributed by atoms with E-state index in [1.54, 1.807) is 31.1 Å². The van der Waals surface area contributed by atoms with Gasteiger partial charge in [0.2, 0.25) is 0 Å². The summed E-state index contributed by atoms with van der Waals surface area (Å²) in [6, 6.07) is 3.23. The van der Waals surface area contributed by atoms with Gasteiger partial charge in [-0.05, 0) is 38.7 Å². The van der Waals surface area contributed by atoms with E-state index >= 15 is 0 Å². The number of halogens is 1. The van der Waals surface area contributed by atoms with E-state index in [0.29, 0.717) is 41.1 Å². The van der Waals surface area contributed by atoms with Crippen LogP contribution in [0.3, 0.4) is 0 Å². The number of amides is 3. The highest BCUT2D eigenvalue weighted by Crippen LogP contribution is 2.30. The standard InChI is InChI=1S/C24H38ClN5O4/c1-16(2)34-22-12-21(26)20(25)11-19(22)23(31)27-13-18-15-29(9-10-33-18)14-17-5-7-30(8-6-17)24(32)28(3)4/h11-12,16-18H,5-10,13-15,26H2,1-4H3,(H,27,31). The van der Waals surface area contributed by atoms with Gasteiger partial charge in [-0.25, -0.2) is 4.79 Å². The van der Waals surface area contributed by atoms with E-state index in [1.165, 1.54) is 0 Å². The zero-order chi connectivity index (χ0) is 24.8. The summed E-state index contributed by atoms with van der Waals surface area (Å²) < 4.78 is 11.7. The number of likely N-dealkylation sites (tertiary alicyclic amines) is 1. The minimum absolute atomic E-state index is 0.0879. The van der Waals surface area contributed by atoms with Crippen LogP contribution in [0.5, 0.6) is 5.75 Å². The average molecular weight is 496 g/mol. The Hall–Kier alpha value is -2.23. The second-order valence-electron chi connectivity index (χ2n) is 9.61. The zero-order valence-electron chi connectivity index (χ0n) is 20.7. The third-order valence-corrected chi connectivity index (χ3v) is 6.53. The highest BCUT2D eigenvalue weighted by atomic mass is 35.5. The molecule has 0 saturated carbocycles. The number of nitrogens with two attached hydrogens (primary N) is 1. The molecule has 9 nitrogen and oxygen atoms in total. The maximum absolute atomic E-state index is 12.9. The Morgan fingerprint density at radius 1 is 1.26 bits per heavy atom. The van der Waals surface area contributed by atoms with Crippen LogP contribution in [0.25, 0.3) is 0 Å². The molecular formula is C24H38ClN5O4. The monoisotopic (exact) mass is 495 g/mol. The van der Waals surface area contributed by atoms with E-state index in [9.17, 15) is 9.59 Å². The lowest BCUT2D eigenvalue weighted by molar-refractivity contribution is -0.0331. The fourth-order valence-corrected chi connectivity index (χ4v) is 4.59. The molecule has 3 rings (SSSR count). The van der Waals surface area contributed by atoms with Crippen molar-refractivity contribution < 1.29 is 19.1 Å². The molecule has 1 aromatic carbocycles. The van der Waals surface area contributed by atoms with Gasteiger partial charge in [-0.3, -0.25) is 9.69 Å². The molecule has 2 aliphatic rings. The molecular weight excluding hydrogens is 458 g/mol. The van der Waals surface area contributed by atoms with Crippen LogP contribution >= 0.6 is 11.6 Å². The molecule has 0 spiro atoms. The van der Waals surface area contributed by atoms with Crippen LogP contribution in [0.4, 0.5) is 10.5 Å². The summed E-state index contributed by atoms with van der Waals surface area (Å²) in [4.78, 5) is 31.0. The second-order valence-corrected chi connectivity index (χ2v) is 10.0. The van der Waals surface area contributed by atoms with Crippen LogP contribution in [0.2, 0.25) is 5.02 Å². The number of piperidine rings is 1. The number of nitrogens with one attached hydrogen (secondary N) is 1. The molecule has 1 atom stereocenters. The van der Waals surface area contributed by atoms with Crippen molar-refractivity contribution in [3.8, 4) is 5.75 Å². The summed E-state index contributed by atoms with van der Waals surface area (Å²) in [5.41, 5.74) is 6.63. The lowest BCUT2D eigenvalue weighted by atomic mass is 9.96. The van der Waals surface area contributed by atoms with Crippen molar-refractivity contribution in [1.82, 2.24) is 20.0 Å². The highest BCUT2D eigenvalue weighted by molar-refractivity contribution is 6.33. The van der Waals surface area contributed by atoms with Crippen LogP contribution in [-0.2, 0) is 4.74 Å². The summed E-state index contributed by atoms with van der Waals surface area (Å²) in [5, 5.41) is 3.28. The second kappa shape index (κ2) is 12.0. The molecule has 0 bridgehead atoms. The predicted octanol–water partition coefficient (Wildman–Crippen LogP) is 2.53. The number of rotatable bonds is 7. The third kappa shape index (κ3) is 7.13. The minimum Gasteiger partial charge on any atom is -0.490 e. The number of benzene rings is 1. The van der Waals surface area contributed by atoms with Crippen LogP contribution in [0.1, 0.15) is 37.0 Å². The first-order valence-corrected chi connectivity index (χ1v) is 12.4. The van der Waals surface area contributed by atoms with Crippen molar-refractivity contribution in [3.63, 3.8) is 0 Å². The van der Waals surface area contributed by atoms with Crippen molar-refractivity contribution in [2.75, 3.05) is 65.7 Å². The van der Waals surface area contributed by atoms with Gasteiger partial charge in [-0.1, -0.05) is 11.6 Å². The maximum Gasteiger partial charge on any atom is 0.319 e. The lowest BCUT2D eigenvalue weighted by Crippen LogP contribution is -2.50. The minimum atomic E-state index is -0.267. The largest absolute Gasteiger partial charge is 0.490 e. The van der Waals surface area contributed by atoms with E-state index in [4.69, 9.17) is 26.8 Å². The number of carbonyl (C=O) groups is 2. The molecule has 2 fully saturated rings. The molecule has 3 N–H and O–H groups in total. The van der Waals surface area contributed by atoms with Gasteiger partial charge in [0.05, 0.1) is 35.1 Å². The molecule has 10 heteroatoms. The Kier molecular flexibility index (Phi) is 9.27. The number of nitrogens with zero attached hydrogens (tertiary/aromatic N) is 3. The summed E-state index contributed by atoms with van der Waals surface area (Å²) >= 11 is 6.15. The van der Waals surface area contributed by atoms with Gasteiger partial charge in [0.1, 0.15) is 5.75 Å². The van der Waals surface area contributed by atoms with Crippen molar-refractivity contribution >= 4 is 29.2 Å². The lowest BCUT2D eigenvalue weighted by Gasteiger charge is -2.38. The van der Waals surface area contributed by atoms with Gasteiger partial charge in [-0.15, -0.1) is 0 Å². The van der Waals surface area contributed by atoms with Gasteiger partial charge in [0, 0.05) is 59.4 Å². The first-order valence-electron chi connectivity index (χ1n) is 12.0. The summed E-state index contributed by atoms with van der Waals surface area (Å²) in [6.45, 7) is 9.03. The number of hydrogen-bond acceptors (Lipinski definition) is 6. The van der Waals surface area contributed by atoms with Gasteiger partial charge in [0.15, 0.2) is 0 Å². The van der Waals surface area contributed by atoms with E-state index < -0.39 is 0 Å². The number of morpholine rings is 1. The number of anilines is 1. The maximum atomic E-state index is 12.9. The molecule has 2 heterocycles. The Morgan fingerprint density at radius 3 is 2.62 bits per heavy atom. The molecule has 1 unspecified atom stereocenters. The Labute approximate surface area is 207 Å². The summed E-state index contributed by atoms with van der Waals surface area (Å²) in [7, 11) is 3.59. The van der Waals surface area contributed by atoms with Crippen LogP contribution in [0, 0.1) is 5.92 Å². The molecule has 34 heavy (non-hydrogen) atoms. The predicted molar refractivity (Wildman–Crippen MR) is 134 cm³/mol. The number of hydrogen-bond donors (Lipinski definition) is 2. The SMILES string of the molecule is CC(C)Oc1cc(N)c(Cl)cc1C(=O)NCC1CN(CC2CCN(C(=O)N(C)C)CC2)CCO1. The normalized spacial score (nSPS) is 19.8. The Bertz CT molecular complexity index is 858. The smallest absolute Gasteiger partial charge is 0.319 e. The summed E-state index contributed by atoms with van der Waals surface area (Å²) in [6.07, 6.45) is 1.83. The van der Waals surface area contributed by atoms with Gasteiger partial charge in [0.25, 0.3) is 5.91 Å². The topological polar surface area (TPSA) is 100 Å². The Balaban J connectivity index is 1.49. The third-order valence-electron chi connectivity index (χ3n) is 6.20. The first-order chi connectivity index (χ1) is 16.1. The quantitative estimate of drug-likeness (QED) is 0.564. The van der Waals surface area contributed by atoms with Crippen molar-refractivity contribution in [2.24, 2.45) is 5.92 Å². The molecule has 0 aromatic heterocycles. The van der Waals surface area contributed by atoms with Gasteiger partial charge < -0.3 is 30.3 Å². The van der Waals surface area contributed by atoms with E-state index in [0.717, 1.165) is 45.6 Å². The van der Waals surface area contributed by atoms with Crippen molar-refractivity contribution in [3.05, 3.63) is 22.7 Å². The molecule has 2 aliphatic heterocycles. The number of ether oxygens (including phenoxy) is 2. The van der Waals surface area contributed by atoms with Crippen molar-refractivity contribution in [1.29, 1.82) is 0 Å². The van der Waals surface area contributed by atoms with E-state index in [2.05, 4.69) is 10.2 Å². The molecule has 0 radical (unpaired) electrons. The number of nitrogen functional groups attached to an aromatic ring is 1. The molecule has 190 valence electrons. The van der Waals surface area contributed by atoms with Crippen molar-refractivity contribution in [2.45, 2.75) is 38.9 Å². The first kappa shape index (κ1) is 26.4. The highest BCUT2D eigenvalue weighted by Gasteiger charge is 2.28. The van der Waals surface area contributed by atoms with Crippen LogP contribution in [0.15, 0.2) is 12.1 Å². The molecule has 2 saturated heterocycles. The van der Waals surface area contributed by atoms with E-state index in [1.807, 2.05) is 18.7 Å². The van der Waals surface area contributed by atoms with E-state index in [-0.39, 0.29) is 24.1 Å². The molecule has 3 amide bonds. The summed E-state index contributed by atoms with van der Waals surface area (Å²) in [5.74, 6) is 0.711. The van der Waals surface area contributed by atoms with Crippen LogP contribution < -0.4 is 15.8 Å². The molecule has 0 aliphatic carbocycles. The number of urea groups is 1. The fraction of sp³-hybridized carbons (Fsp3) is 0.667. The average Bonchev–Trinajstić information content (AvgIpc) is 2.79. The number of carbonyl (C=O) groups excluding carboxylic acids is 2. The van der Waals surface area contributed by atoms with Gasteiger partial charge >= 0.3 is 6.03 Å². The van der Waals surface area contributed by atoms with Gasteiger partial charge in [-0.2, -0.15) is 0 Å². The zero-order valence-corrected chi connectivity index (χ0v) is 21.4. The molecule has 1 aromatic rings.